The summed E-state index contributed by atoms with van der Waals surface area (Å²) in [6, 6.07) is 13.2. The van der Waals surface area contributed by atoms with Crippen molar-refractivity contribution in [3.63, 3.8) is 0 Å². The normalized spacial score (nSPS) is 15.7. The number of hydrogen-bond acceptors (Lipinski definition) is 2. The van der Waals surface area contributed by atoms with Gasteiger partial charge < -0.3 is 5.32 Å². The summed E-state index contributed by atoms with van der Waals surface area (Å²) in [5.74, 6) is 0.0745. The predicted molar refractivity (Wildman–Crippen MR) is 78.4 cm³/mol. The fourth-order valence-corrected chi connectivity index (χ4v) is 2.51. The standard InChI is InChI=1S/C16H15ClN2O/c17-13-6-4-12(5-7-13)16(8-9-16)15(20)19-11-14-3-1-2-10-18-14/h1-7,10H,8-9,11H2,(H,19,20). The van der Waals surface area contributed by atoms with Crippen LogP contribution in [0.5, 0.6) is 0 Å². The number of carbonyl (C=O) groups is 1. The van der Waals surface area contributed by atoms with Gasteiger partial charge in [-0.1, -0.05) is 29.8 Å². The molecule has 1 aromatic heterocycles. The van der Waals surface area contributed by atoms with E-state index < -0.39 is 0 Å². The van der Waals surface area contributed by atoms with Gasteiger partial charge in [0, 0.05) is 11.2 Å². The predicted octanol–water partition coefficient (Wildman–Crippen LogP) is 3.08. The Balaban J connectivity index is 1.69. The molecule has 0 radical (unpaired) electrons. The number of nitrogens with one attached hydrogen (secondary N) is 1. The molecular formula is C16H15ClN2O. The van der Waals surface area contributed by atoms with Crippen molar-refractivity contribution in [2.75, 3.05) is 0 Å². The average Bonchev–Trinajstić information content (AvgIpc) is 3.28. The number of hydrogen-bond donors (Lipinski definition) is 1. The zero-order chi connectivity index (χ0) is 14.0. The van der Waals surface area contributed by atoms with Gasteiger partial charge in [-0.2, -0.15) is 0 Å². The average molecular weight is 287 g/mol. The van der Waals surface area contributed by atoms with E-state index in [0.29, 0.717) is 11.6 Å². The fourth-order valence-electron chi connectivity index (χ4n) is 2.38. The van der Waals surface area contributed by atoms with Crippen molar-refractivity contribution < 1.29 is 4.79 Å². The highest BCUT2D eigenvalue weighted by atomic mass is 35.5. The number of amides is 1. The van der Waals surface area contributed by atoms with Crippen molar-refractivity contribution in [1.29, 1.82) is 0 Å². The molecule has 20 heavy (non-hydrogen) atoms. The second-order valence-corrected chi connectivity index (χ2v) is 5.53. The lowest BCUT2D eigenvalue weighted by atomic mass is 9.95. The van der Waals surface area contributed by atoms with Crippen LogP contribution in [-0.4, -0.2) is 10.9 Å². The Morgan fingerprint density at radius 1 is 1.20 bits per heavy atom. The van der Waals surface area contributed by atoms with Gasteiger partial charge in [0.2, 0.25) is 5.91 Å². The molecule has 1 aliphatic carbocycles. The van der Waals surface area contributed by atoms with Gasteiger partial charge >= 0.3 is 0 Å². The highest BCUT2D eigenvalue weighted by Crippen LogP contribution is 2.48. The van der Waals surface area contributed by atoms with Crippen LogP contribution < -0.4 is 5.32 Å². The number of benzene rings is 1. The number of pyridine rings is 1. The summed E-state index contributed by atoms with van der Waals surface area (Å²) in [4.78, 5) is 16.6. The van der Waals surface area contributed by atoms with E-state index in [4.69, 9.17) is 11.6 Å². The molecule has 0 atom stereocenters. The molecule has 1 amide bonds. The lowest BCUT2D eigenvalue weighted by Crippen LogP contribution is -2.34. The Bertz CT molecular complexity index is 606. The molecule has 0 unspecified atom stereocenters. The Kier molecular flexibility index (Phi) is 3.45. The molecule has 4 heteroatoms. The molecule has 1 N–H and O–H groups in total. The van der Waals surface area contributed by atoms with E-state index in [1.54, 1.807) is 6.20 Å². The third-order valence-corrected chi connectivity index (χ3v) is 3.99. The second-order valence-electron chi connectivity index (χ2n) is 5.09. The summed E-state index contributed by atoms with van der Waals surface area (Å²) >= 11 is 5.89. The van der Waals surface area contributed by atoms with Gasteiger partial charge in [0.25, 0.3) is 0 Å². The van der Waals surface area contributed by atoms with Crippen LogP contribution in [0.4, 0.5) is 0 Å². The number of nitrogens with zero attached hydrogens (tertiary/aromatic N) is 1. The van der Waals surface area contributed by atoms with Crippen LogP contribution in [0.2, 0.25) is 5.02 Å². The smallest absolute Gasteiger partial charge is 0.230 e. The van der Waals surface area contributed by atoms with Crippen molar-refractivity contribution in [1.82, 2.24) is 10.3 Å². The molecule has 102 valence electrons. The van der Waals surface area contributed by atoms with E-state index in [-0.39, 0.29) is 11.3 Å². The molecule has 3 rings (SSSR count). The van der Waals surface area contributed by atoms with Crippen LogP contribution in [0.3, 0.4) is 0 Å². The lowest BCUT2D eigenvalue weighted by molar-refractivity contribution is -0.123. The Morgan fingerprint density at radius 2 is 1.95 bits per heavy atom. The van der Waals surface area contributed by atoms with Crippen LogP contribution in [0.15, 0.2) is 48.7 Å². The molecule has 1 heterocycles. The fraction of sp³-hybridized carbons (Fsp3) is 0.250. The zero-order valence-electron chi connectivity index (χ0n) is 11.0. The Labute approximate surface area is 123 Å². The van der Waals surface area contributed by atoms with Crippen LogP contribution in [-0.2, 0) is 16.8 Å². The third-order valence-electron chi connectivity index (χ3n) is 3.74. The minimum absolute atomic E-state index is 0.0745. The molecule has 1 aromatic carbocycles. The molecule has 1 fully saturated rings. The Hall–Kier alpha value is -1.87. The molecule has 0 saturated heterocycles. The number of carbonyl (C=O) groups excluding carboxylic acids is 1. The molecule has 2 aromatic rings. The minimum atomic E-state index is -0.362. The largest absolute Gasteiger partial charge is 0.350 e. The maximum Gasteiger partial charge on any atom is 0.230 e. The summed E-state index contributed by atoms with van der Waals surface area (Å²) < 4.78 is 0. The first-order chi connectivity index (χ1) is 9.71. The van der Waals surface area contributed by atoms with Crippen LogP contribution in [0.25, 0.3) is 0 Å². The van der Waals surface area contributed by atoms with Crippen molar-refractivity contribution in [3.8, 4) is 0 Å². The van der Waals surface area contributed by atoms with Crippen molar-refractivity contribution >= 4 is 17.5 Å². The van der Waals surface area contributed by atoms with E-state index in [1.165, 1.54) is 0 Å². The highest BCUT2D eigenvalue weighted by molar-refractivity contribution is 6.30. The van der Waals surface area contributed by atoms with Gasteiger partial charge in [-0.15, -0.1) is 0 Å². The van der Waals surface area contributed by atoms with Crippen LogP contribution in [0.1, 0.15) is 24.1 Å². The first kappa shape index (κ1) is 13.1. The maximum atomic E-state index is 12.4. The van der Waals surface area contributed by atoms with E-state index in [9.17, 15) is 4.79 Å². The highest BCUT2D eigenvalue weighted by Gasteiger charge is 2.51. The van der Waals surface area contributed by atoms with Crippen molar-refractivity contribution in [2.24, 2.45) is 0 Å². The van der Waals surface area contributed by atoms with Crippen molar-refractivity contribution in [2.45, 2.75) is 24.8 Å². The quantitative estimate of drug-likeness (QED) is 0.938. The Morgan fingerprint density at radius 3 is 2.55 bits per heavy atom. The SMILES string of the molecule is O=C(NCc1ccccn1)C1(c2ccc(Cl)cc2)CC1. The van der Waals surface area contributed by atoms with Crippen molar-refractivity contribution in [3.05, 3.63) is 64.9 Å². The zero-order valence-corrected chi connectivity index (χ0v) is 11.7. The molecule has 0 aliphatic heterocycles. The van der Waals surface area contributed by atoms with E-state index in [1.807, 2.05) is 42.5 Å². The van der Waals surface area contributed by atoms with E-state index in [0.717, 1.165) is 24.1 Å². The van der Waals surface area contributed by atoms with Crippen LogP contribution >= 0.6 is 11.6 Å². The number of halogens is 1. The van der Waals surface area contributed by atoms with Crippen LogP contribution in [0, 0.1) is 0 Å². The topological polar surface area (TPSA) is 42.0 Å². The lowest BCUT2D eigenvalue weighted by Gasteiger charge is -2.15. The number of rotatable bonds is 4. The second kappa shape index (κ2) is 5.25. The summed E-state index contributed by atoms with van der Waals surface area (Å²) in [7, 11) is 0. The minimum Gasteiger partial charge on any atom is -0.350 e. The summed E-state index contributed by atoms with van der Waals surface area (Å²) in [5, 5.41) is 3.67. The summed E-state index contributed by atoms with van der Waals surface area (Å²) in [6.07, 6.45) is 3.51. The molecule has 3 nitrogen and oxygen atoms in total. The van der Waals surface area contributed by atoms with Gasteiger partial charge in [-0.05, 0) is 42.7 Å². The van der Waals surface area contributed by atoms with Gasteiger partial charge in [0.15, 0.2) is 0 Å². The third kappa shape index (κ3) is 2.54. The van der Waals surface area contributed by atoms with E-state index in [2.05, 4.69) is 10.3 Å². The van der Waals surface area contributed by atoms with Gasteiger partial charge in [0.1, 0.15) is 0 Å². The summed E-state index contributed by atoms with van der Waals surface area (Å²) in [5.41, 5.74) is 1.55. The monoisotopic (exact) mass is 286 g/mol. The summed E-state index contributed by atoms with van der Waals surface area (Å²) in [6.45, 7) is 0.467. The maximum absolute atomic E-state index is 12.4. The molecule has 1 aliphatic rings. The molecule has 0 spiro atoms. The first-order valence-electron chi connectivity index (χ1n) is 6.65. The van der Waals surface area contributed by atoms with Gasteiger partial charge in [0.05, 0.1) is 17.7 Å². The number of aromatic nitrogens is 1. The molecule has 1 saturated carbocycles. The molecular weight excluding hydrogens is 272 g/mol. The van der Waals surface area contributed by atoms with Gasteiger partial charge in [-0.25, -0.2) is 0 Å². The first-order valence-corrected chi connectivity index (χ1v) is 7.03. The van der Waals surface area contributed by atoms with E-state index >= 15 is 0 Å². The molecule has 0 bridgehead atoms. The van der Waals surface area contributed by atoms with Gasteiger partial charge in [-0.3, -0.25) is 9.78 Å².